The van der Waals surface area contributed by atoms with E-state index in [9.17, 15) is 13.2 Å². The molecule has 0 spiro atoms. The normalized spacial score (nSPS) is 15.1. The highest BCUT2D eigenvalue weighted by molar-refractivity contribution is 7.89. The maximum atomic E-state index is 12.6. The maximum absolute atomic E-state index is 12.6. The molecule has 1 amide bonds. The molecule has 2 aromatic carbocycles. The standard InChI is InChI=1S/C21H28N4O4S/c1-15-12-17(30(22,27)28)13-18(16(15)2)23-21(26)14-24-8-10-25(11-9-24)19-6-4-5-7-20(19)29-3/h4-7,12-13H,8-11,14H2,1-3H3,(H,23,26)(H2,22,27,28). The van der Waals surface area contributed by atoms with Crippen LogP contribution in [-0.2, 0) is 14.8 Å². The zero-order valence-electron chi connectivity index (χ0n) is 17.5. The molecule has 0 aliphatic carbocycles. The monoisotopic (exact) mass is 432 g/mol. The third-order valence-electron chi connectivity index (χ3n) is 5.41. The van der Waals surface area contributed by atoms with E-state index in [0.29, 0.717) is 5.69 Å². The van der Waals surface area contributed by atoms with E-state index in [-0.39, 0.29) is 17.3 Å². The number of hydrogen-bond donors (Lipinski definition) is 2. The summed E-state index contributed by atoms with van der Waals surface area (Å²) < 4.78 is 28.8. The Balaban J connectivity index is 1.61. The Morgan fingerprint density at radius 2 is 1.80 bits per heavy atom. The van der Waals surface area contributed by atoms with Crippen LogP contribution >= 0.6 is 0 Å². The molecule has 2 aromatic rings. The van der Waals surface area contributed by atoms with Crippen molar-refractivity contribution in [3.05, 3.63) is 47.5 Å². The summed E-state index contributed by atoms with van der Waals surface area (Å²) in [6.45, 7) is 6.90. The first-order valence-corrected chi connectivity index (χ1v) is 11.3. The van der Waals surface area contributed by atoms with Gasteiger partial charge in [0.15, 0.2) is 0 Å². The minimum Gasteiger partial charge on any atom is -0.495 e. The first kappa shape index (κ1) is 22.1. The van der Waals surface area contributed by atoms with E-state index >= 15 is 0 Å². The number of benzene rings is 2. The lowest BCUT2D eigenvalue weighted by Gasteiger charge is -2.36. The van der Waals surface area contributed by atoms with Crippen molar-refractivity contribution in [1.29, 1.82) is 0 Å². The van der Waals surface area contributed by atoms with Crippen molar-refractivity contribution in [3.63, 3.8) is 0 Å². The second kappa shape index (κ2) is 9.03. The minimum absolute atomic E-state index is 0.00803. The number of aryl methyl sites for hydroxylation is 1. The molecule has 3 N–H and O–H groups in total. The van der Waals surface area contributed by atoms with E-state index in [2.05, 4.69) is 15.1 Å². The van der Waals surface area contributed by atoms with Gasteiger partial charge in [0, 0.05) is 31.9 Å². The summed E-state index contributed by atoms with van der Waals surface area (Å²) in [6, 6.07) is 10.8. The van der Waals surface area contributed by atoms with Crippen LogP contribution in [-0.4, -0.2) is 59.1 Å². The molecule has 0 unspecified atom stereocenters. The third-order valence-corrected chi connectivity index (χ3v) is 6.30. The number of amides is 1. The Kier molecular flexibility index (Phi) is 6.64. The number of nitrogens with zero attached hydrogens (tertiary/aromatic N) is 2. The summed E-state index contributed by atoms with van der Waals surface area (Å²) in [4.78, 5) is 16.9. The predicted octanol–water partition coefficient (Wildman–Crippen LogP) is 1.72. The lowest BCUT2D eigenvalue weighted by molar-refractivity contribution is -0.117. The Morgan fingerprint density at radius 1 is 1.13 bits per heavy atom. The highest BCUT2D eigenvalue weighted by Gasteiger charge is 2.22. The molecule has 3 rings (SSSR count). The Labute approximate surface area is 177 Å². The number of sulfonamides is 1. The summed E-state index contributed by atoms with van der Waals surface area (Å²) in [5, 5.41) is 8.08. The Morgan fingerprint density at radius 3 is 2.43 bits per heavy atom. The van der Waals surface area contributed by atoms with Crippen LogP contribution in [0.4, 0.5) is 11.4 Å². The first-order chi connectivity index (χ1) is 14.2. The zero-order valence-corrected chi connectivity index (χ0v) is 18.3. The summed E-state index contributed by atoms with van der Waals surface area (Å²) in [5.74, 6) is 0.652. The van der Waals surface area contributed by atoms with E-state index in [1.54, 1.807) is 14.0 Å². The molecule has 0 aromatic heterocycles. The number of carbonyl (C=O) groups excluding carboxylic acids is 1. The number of piperazine rings is 1. The van der Waals surface area contributed by atoms with Crippen LogP contribution in [0.25, 0.3) is 0 Å². The number of hydrogen-bond acceptors (Lipinski definition) is 6. The molecule has 0 bridgehead atoms. The average Bonchev–Trinajstić information content (AvgIpc) is 2.71. The highest BCUT2D eigenvalue weighted by Crippen LogP contribution is 2.28. The number of carbonyl (C=O) groups is 1. The lowest BCUT2D eigenvalue weighted by atomic mass is 10.1. The van der Waals surface area contributed by atoms with Crippen LogP contribution < -0.4 is 20.1 Å². The molecule has 1 saturated heterocycles. The Bertz CT molecular complexity index is 1030. The molecule has 30 heavy (non-hydrogen) atoms. The van der Waals surface area contributed by atoms with Gasteiger partial charge in [0.1, 0.15) is 5.75 Å². The van der Waals surface area contributed by atoms with Gasteiger partial charge in [-0.1, -0.05) is 12.1 Å². The number of para-hydroxylation sites is 2. The van der Waals surface area contributed by atoms with Gasteiger partial charge in [-0.3, -0.25) is 9.69 Å². The third kappa shape index (κ3) is 5.10. The molecule has 0 atom stereocenters. The van der Waals surface area contributed by atoms with Crippen LogP contribution in [0.5, 0.6) is 5.75 Å². The maximum Gasteiger partial charge on any atom is 0.238 e. The van der Waals surface area contributed by atoms with Gasteiger partial charge < -0.3 is 15.0 Å². The molecule has 1 aliphatic rings. The largest absolute Gasteiger partial charge is 0.495 e. The van der Waals surface area contributed by atoms with Gasteiger partial charge in [0.05, 0.1) is 24.2 Å². The fraction of sp³-hybridized carbons (Fsp3) is 0.381. The van der Waals surface area contributed by atoms with Crippen molar-refractivity contribution < 1.29 is 17.9 Å². The fourth-order valence-electron chi connectivity index (χ4n) is 3.55. The number of nitrogens with two attached hydrogens (primary N) is 1. The van der Waals surface area contributed by atoms with Crippen molar-refractivity contribution in [2.45, 2.75) is 18.7 Å². The van der Waals surface area contributed by atoms with Gasteiger partial charge in [0.2, 0.25) is 15.9 Å². The van der Waals surface area contributed by atoms with E-state index in [4.69, 9.17) is 9.88 Å². The molecular weight excluding hydrogens is 404 g/mol. The van der Waals surface area contributed by atoms with Crippen molar-refractivity contribution in [2.24, 2.45) is 5.14 Å². The number of methoxy groups -OCH3 is 1. The summed E-state index contributed by atoms with van der Waals surface area (Å²) in [7, 11) is -2.18. The molecular formula is C21H28N4O4S. The van der Waals surface area contributed by atoms with Gasteiger partial charge in [0.25, 0.3) is 0 Å². The number of anilines is 2. The van der Waals surface area contributed by atoms with Crippen molar-refractivity contribution in [1.82, 2.24) is 4.90 Å². The van der Waals surface area contributed by atoms with Gasteiger partial charge in [-0.25, -0.2) is 13.6 Å². The van der Waals surface area contributed by atoms with E-state index in [1.165, 1.54) is 12.1 Å². The number of nitrogens with one attached hydrogen (secondary N) is 1. The van der Waals surface area contributed by atoms with Crippen LogP contribution in [0.2, 0.25) is 0 Å². The van der Waals surface area contributed by atoms with Gasteiger partial charge in [-0.05, 0) is 49.2 Å². The van der Waals surface area contributed by atoms with Crippen LogP contribution in [0, 0.1) is 13.8 Å². The van der Waals surface area contributed by atoms with Crippen molar-refractivity contribution in [3.8, 4) is 5.75 Å². The summed E-state index contributed by atoms with van der Waals surface area (Å²) >= 11 is 0. The molecule has 0 saturated carbocycles. The van der Waals surface area contributed by atoms with Gasteiger partial charge in [-0.2, -0.15) is 0 Å². The molecule has 9 heteroatoms. The summed E-state index contributed by atoms with van der Waals surface area (Å²) in [5.41, 5.74) is 3.09. The highest BCUT2D eigenvalue weighted by atomic mass is 32.2. The van der Waals surface area contributed by atoms with E-state index in [1.807, 2.05) is 31.2 Å². The number of ether oxygens (including phenoxy) is 1. The van der Waals surface area contributed by atoms with E-state index < -0.39 is 10.0 Å². The quantitative estimate of drug-likeness (QED) is 0.720. The number of rotatable bonds is 6. The molecule has 0 radical (unpaired) electrons. The van der Waals surface area contributed by atoms with Crippen LogP contribution in [0.3, 0.4) is 0 Å². The second-order valence-corrected chi connectivity index (χ2v) is 9.00. The molecule has 8 nitrogen and oxygen atoms in total. The smallest absolute Gasteiger partial charge is 0.238 e. The van der Waals surface area contributed by atoms with Crippen LogP contribution in [0.1, 0.15) is 11.1 Å². The minimum atomic E-state index is -3.84. The average molecular weight is 433 g/mol. The van der Waals surface area contributed by atoms with Crippen molar-refractivity contribution >= 4 is 27.3 Å². The molecule has 162 valence electrons. The number of primary sulfonamides is 1. The SMILES string of the molecule is COc1ccccc1N1CCN(CC(=O)Nc2cc(S(N)(=O)=O)cc(C)c2C)CC1. The lowest BCUT2D eigenvalue weighted by Crippen LogP contribution is -2.48. The zero-order chi connectivity index (χ0) is 21.9. The summed E-state index contributed by atoms with van der Waals surface area (Å²) in [6.07, 6.45) is 0. The molecule has 1 fully saturated rings. The first-order valence-electron chi connectivity index (χ1n) is 9.73. The van der Waals surface area contributed by atoms with Gasteiger partial charge in [-0.15, -0.1) is 0 Å². The predicted molar refractivity (Wildman–Crippen MR) is 118 cm³/mol. The van der Waals surface area contributed by atoms with Crippen LogP contribution in [0.15, 0.2) is 41.3 Å². The van der Waals surface area contributed by atoms with Gasteiger partial charge >= 0.3 is 0 Å². The van der Waals surface area contributed by atoms with E-state index in [0.717, 1.165) is 48.7 Å². The molecule has 1 aliphatic heterocycles. The van der Waals surface area contributed by atoms with Crippen molar-refractivity contribution in [2.75, 3.05) is 50.1 Å². The topological polar surface area (TPSA) is 105 Å². The fourth-order valence-corrected chi connectivity index (χ4v) is 4.17. The second-order valence-electron chi connectivity index (χ2n) is 7.44. The Hall–Kier alpha value is -2.62. The molecule has 1 heterocycles.